The molecule has 2 amide bonds. The number of anilines is 1. The van der Waals surface area contributed by atoms with Crippen LogP contribution in [-0.2, 0) is 9.59 Å². The number of nitrogens with zero attached hydrogens (tertiary/aromatic N) is 2. The number of ketones is 1. The first-order chi connectivity index (χ1) is 14.7. The van der Waals surface area contributed by atoms with E-state index in [1.54, 1.807) is 0 Å². The van der Waals surface area contributed by atoms with E-state index in [9.17, 15) is 18.8 Å². The van der Waals surface area contributed by atoms with Gasteiger partial charge in [0.2, 0.25) is 11.8 Å². The van der Waals surface area contributed by atoms with Crippen molar-refractivity contribution in [2.45, 2.75) is 38.4 Å². The van der Waals surface area contributed by atoms with E-state index in [-0.39, 0.29) is 17.6 Å². The molecule has 5 rings (SSSR count). The zero-order valence-electron chi connectivity index (χ0n) is 17.6. The van der Waals surface area contributed by atoms with Gasteiger partial charge in [0.25, 0.3) is 0 Å². The quantitative estimate of drug-likeness (QED) is 0.551. The molecule has 5 nitrogen and oxygen atoms in total. The zero-order valence-corrected chi connectivity index (χ0v) is 17.6. The molecule has 0 saturated carbocycles. The third-order valence-electron chi connectivity index (χ3n) is 6.48. The second-order valence-corrected chi connectivity index (χ2v) is 9.37. The first kappa shape index (κ1) is 19.7. The predicted molar refractivity (Wildman–Crippen MR) is 115 cm³/mol. The molecule has 2 saturated heterocycles. The summed E-state index contributed by atoms with van der Waals surface area (Å²) >= 11 is 0. The summed E-state index contributed by atoms with van der Waals surface area (Å²) < 4.78 is 13.5. The summed E-state index contributed by atoms with van der Waals surface area (Å²) in [5.41, 5.74) is 1.41. The number of hydrogen-bond acceptors (Lipinski definition) is 4. The molecule has 0 radical (unpaired) electrons. The largest absolute Gasteiger partial charge is 0.352 e. The fourth-order valence-electron chi connectivity index (χ4n) is 5.26. The SMILES string of the molecule is CC(C)(C)N1C(=O)[C@@H]2[C@H](C1=O)[C@H]1C=Cc3ccccc3N1[C@@H]2C(=O)c1ccc(F)cc1. The summed E-state index contributed by atoms with van der Waals surface area (Å²) in [7, 11) is 0. The van der Waals surface area contributed by atoms with E-state index in [2.05, 4.69) is 0 Å². The topological polar surface area (TPSA) is 57.7 Å². The second kappa shape index (κ2) is 6.61. The number of likely N-dealkylation sites (tertiary alicyclic amines) is 1. The fourth-order valence-corrected chi connectivity index (χ4v) is 5.26. The maximum Gasteiger partial charge on any atom is 0.236 e. The number of halogens is 1. The van der Waals surface area contributed by atoms with Gasteiger partial charge in [-0.2, -0.15) is 0 Å². The maximum absolute atomic E-state index is 13.7. The van der Waals surface area contributed by atoms with E-state index in [0.29, 0.717) is 5.56 Å². The highest BCUT2D eigenvalue weighted by Crippen LogP contribution is 2.50. The van der Waals surface area contributed by atoms with Crippen LogP contribution in [0.2, 0.25) is 0 Å². The third kappa shape index (κ3) is 2.77. The van der Waals surface area contributed by atoms with E-state index >= 15 is 0 Å². The van der Waals surface area contributed by atoms with E-state index in [1.165, 1.54) is 29.2 Å². The summed E-state index contributed by atoms with van der Waals surface area (Å²) in [5.74, 6) is -2.69. The minimum Gasteiger partial charge on any atom is -0.352 e. The van der Waals surface area contributed by atoms with Crippen molar-refractivity contribution >= 4 is 29.4 Å². The lowest BCUT2D eigenvalue weighted by Crippen LogP contribution is -2.52. The molecule has 4 atom stereocenters. The summed E-state index contributed by atoms with van der Waals surface area (Å²) in [5, 5.41) is 0. The molecule has 0 bridgehead atoms. The lowest BCUT2D eigenvalue weighted by Gasteiger charge is -2.38. The van der Waals surface area contributed by atoms with Crippen molar-refractivity contribution in [3.63, 3.8) is 0 Å². The normalized spacial score (nSPS) is 26.7. The van der Waals surface area contributed by atoms with Gasteiger partial charge in [0.15, 0.2) is 5.78 Å². The molecule has 3 aliphatic heterocycles. The molecule has 6 heteroatoms. The van der Waals surface area contributed by atoms with Gasteiger partial charge in [-0.15, -0.1) is 0 Å². The molecule has 31 heavy (non-hydrogen) atoms. The Morgan fingerprint density at radius 3 is 2.26 bits per heavy atom. The number of carbonyl (C=O) groups excluding carboxylic acids is 3. The van der Waals surface area contributed by atoms with Crippen molar-refractivity contribution in [1.29, 1.82) is 0 Å². The number of rotatable bonds is 2. The van der Waals surface area contributed by atoms with E-state index in [1.807, 2.05) is 62.1 Å². The van der Waals surface area contributed by atoms with Crippen LogP contribution in [0.4, 0.5) is 10.1 Å². The Balaban J connectivity index is 1.67. The molecule has 158 valence electrons. The lowest BCUT2D eigenvalue weighted by atomic mass is 9.86. The number of Topliss-reactive ketones (excluding diaryl/α,β-unsaturated/α-hetero) is 1. The molecule has 3 heterocycles. The van der Waals surface area contributed by atoms with Crippen LogP contribution in [0.5, 0.6) is 0 Å². The highest BCUT2D eigenvalue weighted by molar-refractivity contribution is 6.14. The van der Waals surface area contributed by atoms with E-state index in [4.69, 9.17) is 0 Å². The Kier molecular flexibility index (Phi) is 4.19. The number of carbonyl (C=O) groups is 3. The van der Waals surface area contributed by atoms with Crippen LogP contribution in [0.15, 0.2) is 54.6 Å². The fraction of sp³-hybridized carbons (Fsp3) is 0.320. The van der Waals surface area contributed by atoms with Gasteiger partial charge in [-0.3, -0.25) is 19.3 Å². The first-order valence-corrected chi connectivity index (χ1v) is 10.4. The number of hydrogen-bond donors (Lipinski definition) is 0. The van der Waals surface area contributed by atoms with Crippen molar-refractivity contribution in [3.8, 4) is 0 Å². The number of imide groups is 1. The third-order valence-corrected chi connectivity index (χ3v) is 6.48. The number of para-hydroxylation sites is 1. The minimum absolute atomic E-state index is 0.240. The van der Waals surface area contributed by atoms with Crippen LogP contribution in [0.25, 0.3) is 6.08 Å². The number of benzene rings is 2. The molecule has 0 spiro atoms. The monoisotopic (exact) mass is 418 g/mol. The summed E-state index contributed by atoms with van der Waals surface area (Å²) in [6, 6.07) is 11.8. The molecule has 3 aliphatic rings. The minimum atomic E-state index is -0.838. The van der Waals surface area contributed by atoms with Crippen molar-refractivity contribution in [1.82, 2.24) is 4.90 Å². The van der Waals surface area contributed by atoms with E-state index in [0.717, 1.165) is 11.3 Å². The van der Waals surface area contributed by atoms with Gasteiger partial charge in [0, 0.05) is 16.8 Å². The second-order valence-electron chi connectivity index (χ2n) is 9.37. The first-order valence-electron chi connectivity index (χ1n) is 10.4. The van der Waals surface area contributed by atoms with Gasteiger partial charge >= 0.3 is 0 Å². The summed E-state index contributed by atoms with van der Waals surface area (Å²) in [4.78, 5) is 43.9. The maximum atomic E-state index is 13.7. The Morgan fingerprint density at radius 1 is 0.935 bits per heavy atom. The molecule has 2 fully saturated rings. The van der Waals surface area contributed by atoms with Crippen LogP contribution in [0.1, 0.15) is 36.7 Å². The van der Waals surface area contributed by atoms with Gasteiger partial charge in [0.1, 0.15) is 11.9 Å². The number of fused-ring (bicyclic) bond motifs is 5. The molecule has 2 aromatic rings. The Bertz CT molecular complexity index is 1130. The Morgan fingerprint density at radius 2 is 1.58 bits per heavy atom. The van der Waals surface area contributed by atoms with Crippen molar-refractivity contribution in [2.75, 3.05) is 4.90 Å². The van der Waals surface area contributed by atoms with Crippen LogP contribution in [0, 0.1) is 17.7 Å². The van der Waals surface area contributed by atoms with Gasteiger partial charge in [-0.05, 0) is 56.7 Å². The van der Waals surface area contributed by atoms with Gasteiger partial charge in [0.05, 0.1) is 17.9 Å². The van der Waals surface area contributed by atoms with Gasteiger partial charge < -0.3 is 4.90 Å². The molecule has 2 aromatic carbocycles. The van der Waals surface area contributed by atoms with Crippen molar-refractivity contribution < 1.29 is 18.8 Å². The zero-order chi connectivity index (χ0) is 22.1. The van der Waals surface area contributed by atoms with Gasteiger partial charge in [-0.25, -0.2) is 4.39 Å². The number of amides is 2. The molecular formula is C25H23FN2O3. The Labute approximate surface area is 180 Å². The average Bonchev–Trinajstić information content (AvgIpc) is 3.21. The predicted octanol–water partition coefficient (Wildman–Crippen LogP) is 3.69. The lowest BCUT2D eigenvalue weighted by molar-refractivity contribution is -0.145. The van der Waals surface area contributed by atoms with Gasteiger partial charge in [-0.1, -0.05) is 30.4 Å². The average molecular weight is 418 g/mol. The smallest absolute Gasteiger partial charge is 0.236 e. The van der Waals surface area contributed by atoms with Crippen LogP contribution in [0.3, 0.4) is 0 Å². The molecule has 0 N–H and O–H groups in total. The Hall–Kier alpha value is -3.28. The van der Waals surface area contributed by atoms with Crippen molar-refractivity contribution in [3.05, 3.63) is 71.6 Å². The molecule has 0 unspecified atom stereocenters. The molecular weight excluding hydrogens is 395 g/mol. The van der Waals surface area contributed by atoms with E-state index < -0.39 is 35.3 Å². The summed E-state index contributed by atoms with van der Waals surface area (Å²) in [6.45, 7) is 5.47. The van der Waals surface area contributed by atoms with Crippen LogP contribution >= 0.6 is 0 Å². The van der Waals surface area contributed by atoms with Crippen LogP contribution < -0.4 is 4.90 Å². The van der Waals surface area contributed by atoms with Crippen molar-refractivity contribution in [2.24, 2.45) is 11.8 Å². The highest BCUT2D eigenvalue weighted by atomic mass is 19.1. The molecule has 0 aromatic heterocycles. The highest BCUT2D eigenvalue weighted by Gasteiger charge is 2.65. The standard InChI is InChI=1S/C25H23FN2O3/c1-25(2,3)28-23(30)19-18-13-10-14-6-4-5-7-17(14)27(18)21(20(19)24(28)31)22(29)15-8-11-16(26)12-9-15/h4-13,18-21H,1-3H3/t18-,19-,20-,21+/m1/s1. The summed E-state index contributed by atoms with van der Waals surface area (Å²) in [6.07, 6.45) is 3.88. The van der Waals surface area contributed by atoms with Crippen LogP contribution in [-0.4, -0.2) is 40.1 Å². The molecule has 0 aliphatic carbocycles.